The number of carbonyl (C=O) groups is 1. The summed E-state index contributed by atoms with van der Waals surface area (Å²) in [6, 6.07) is 8.46. The van der Waals surface area contributed by atoms with E-state index in [-0.39, 0.29) is 5.91 Å². The summed E-state index contributed by atoms with van der Waals surface area (Å²) >= 11 is 2.99. The third-order valence-electron chi connectivity index (χ3n) is 4.39. The van der Waals surface area contributed by atoms with Gasteiger partial charge >= 0.3 is 0 Å². The maximum atomic E-state index is 11.9. The van der Waals surface area contributed by atoms with E-state index in [4.69, 9.17) is 4.42 Å². The molecule has 2 heterocycles. The molecule has 1 fully saturated rings. The van der Waals surface area contributed by atoms with Gasteiger partial charge in [-0.2, -0.15) is 0 Å². The van der Waals surface area contributed by atoms with Crippen LogP contribution in [0, 0.1) is 0 Å². The minimum Gasteiger partial charge on any atom is -0.416 e. The Labute approximate surface area is 159 Å². The van der Waals surface area contributed by atoms with Crippen LogP contribution in [0.25, 0.3) is 10.2 Å². The van der Waals surface area contributed by atoms with Crippen molar-refractivity contribution in [2.24, 2.45) is 0 Å². The lowest BCUT2D eigenvalue weighted by Gasteiger charge is -2.10. The molecule has 2 aromatic heterocycles. The molecule has 1 aliphatic carbocycles. The Morgan fingerprint density at radius 1 is 1.23 bits per heavy atom. The fraction of sp³-hybridized carbons (Fsp3) is 0.444. The van der Waals surface area contributed by atoms with Gasteiger partial charge in [0.25, 0.3) is 5.22 Å². The molecule has 1 aliphatic rings. The van der Waals surface area contributed by atoms with E-state index in [1.54, 1.807) is 11.3 Å². The SMILES string of the molecule is O=C(CSc1nnc(CCc2nc3ccccc3s2)o1)NC1CCCC1. The fourth-order valence-electron chi connectivity index (χ4n) is 3.11. The number of thioether (sulfide) groups is 1. The number of aryl methyl sites for hydroxylation is 2. The van der Waals surface area contributed by atoms with E-state index in [1.807, 2.05) is 18.2 Å². The molecule has 3 aromatic rings. The molecular weight excluding hydrogens is 368 g/mol. The molecule has 0 spiro atoms. The van der Waals surface area contributed by atoms with Crippen LogP contribution in [0.4, 0.5) is 0 Å². The van der Waals surface area contributed by atoms with Crippen LogP contribution >= 0.6 is 23.1 Å². The van der Waals surface area contributed by atoms with Gasteiger partial charge in [-0.15, -0.1) is 21.5 Å². The number of nitrogens with zero attached hydrogens (tertiary/aromatic N) is 3. The number of thiazole rings is 1. The summed E-state index contributed by atoms with van der Waals surface area (Å²) in [5, 5.41) is 12.7. The zero-order valence-electron chi connectivity index (χ0n) is 14.3. The Balaban J connectivity index is 1.25. The predicted molar refractivity (Wildman–Crippen MR) is 102 cm³/mol. The molecule has 1 aromatic carbocycles. The Morgan fingerprint density at radius 3 is 2.92 bits per heavy atom. The van der Waals surface area contributed by atoms with E-state index in [0.717, 1.165) is 29.8 Å². The number of aromatic nitrogens is 3. The molecule has 4 rings (SSSR count). The minimum absolute atomic E-state index is 0.0381. The van der Waals surface area contributed by atoms with Gasteiger partial charge in [0.1, 0.15) is 0 Å². The van der Waals surface area contributed by atoms with Crippen LogP contribution in [-0.2, 0) is 17.6 Å². The van der Waals surface area contributed by atoms with E-state index >= 15 is 0 Å². The zero-order chi connectivity index (χ0) is 17.8. The lowest BCUT2D eigenvalue weighted by molar-refractivity contribution is -0.119. The molecule has 0 bridgehead atoms. The van der Waals surface area contributed by atoms with Crippen molar-refractivity contribution in [1.29, 1.82) is 0 Å². The van der Waals surface area contributed by atoms with Crippen molar-refractivity contribution in [1.82, 2.24) is 20.5 Å². The van der Waals surface area contributed by atoms with E-state index in [2.05, 4.69) is 26.6 Å². The van der Waals surface area contributed by atoms with Crippen LogP contribution in [0.3, 0.4) is 0 Å². The number of amides is 1. The Morgan fingerprint density at radius 2 is 2.08 bits per heavy atom. The van der Waals surface area contributed by atoms with Crippen LogP contribution < -0.4 is 5.32 Å². The van der Waals surface area contributed by atoms with Gasteiger partial charge in [-0.1, -0.05) is 36.7 Å². The molecule has 1 amide bonds. The molecule has 6 nitrogen and oxygen atoms in total. The van der Waals surface area contributed by atoms with Gasteiger partial charge < -0.3 is 9.73 Å². The van der Waals surface area contributed by atoms with Gasteiger partial charge in [-0.3, -0.25) is 4.79 Å². The maximum absolute atomic E-state index is 11.9. The summed E-state index contributed by atoms with van der Waals surface area (Å²) in [4.78, 5) is 16.6. The minimum atomic E-state index is 0.0381. The van der Waals surface area contributed by atoms with Crippen LogP contribution in [0.5, 0.6) is 0 Å². The average molecular weight is 389 g/mol. The first-order chi connectivity index (χ1) is 12.8. The zero-order valence-corrected chi connectivity index (χ0v) is 15.9. The Hall–Kier alpha value is -1.93. The van der Waals surface area contributed by atoms with Crippen molar-refractivity contribution in [3.63, 3.8) is 0 Å². The smallest absolute Gasteiger partial charge is 0.277 e. The van der Waals surface area contributed by atoms with E-state index < -0.39 is 0 Å². The topological polar surface area (TPSA) is 80.9 Å². The van der Waals surface area contributed by atoms with E-state index in [0.29, 0.717) is 29.3 Å². The maximum Gasteiger partial charge on any atom is 0.277 e. The Bertz CT molecular complexity index is 853. The van der Waals surface area contributed by atoms with Crippen LogP contribution in [0.15, 0.2) is 33.9 Å². The molecule has 0 saturated heterocycles. The molecular formula is C18H20N4O2S2. The van der Waals surface area contributed by atoms with Gasteiger partial charge in [0.15, 0.2) is 0 Å². The summed E-state index contributed by atoms with van der Waals surface area (Å²) in [7, 11) is 0. The lowest BCUT2D eigenvalue weighted by Crippen LogP contribution is -2.33. The second-order valence-corrected chi connectivity index (χ2v) is 8.42. The average Bonchev–Trinajstić information content (AvgIpc) is 3.38. The molecule has 26 heavy (non-hydrogen) atoms. The highest BCUT2D eigenvalue weighted by Gasteiger charge is 2.18. The van der Waals surface area contributed by atoms with Crippen LogP contribution in [0.1, 0.15) is 36.6 Å². The van der Waals surface area contributed by atoms with Crippen molar-refractivity contribution in [3.05, 3.63) is 35.2 Å². The van der Waals surface area contributed by atoms with Gasteiger partial charge in [0.05, 0.1) is 21.0 Å². The van der Waals surface area contributed by atoms with Gasteiger partial charge in [-0.25, -0.2) is 4.98 Å². The predicted octanol–water partition coefficient (Wildman–Crippen LogP) is 3.62. The van der Waals surface area contributed by atoms with Crippen molar-refractivity contribution < 1.29 is 9.21 Å². The van der Waals surface area contributed by atoms with E-state index in [1.165, 1.54) is 29.3 Å². The normalized spacial score (nSPS) is 14.9. The monoisotopic (exact) mass is 388 g/mol. The molecule has 1 N–H and O–H groups in total. The molecule has 136 valence electrons. The largest absolute Gasteiger partial charge is 0.416 e. The summed E-state index contributed by atoms with van der Waals surface area (Å²) in [5.41, 5.74) is 1.03. The number of para-hydroxylation sites is 1. The van der Waals surface area contributed by atoms with Crippen LogP contribution in [-0.4, -0.2) is 32.9 Å². The third-order valence-corrected chi connectivity index (χ3v) is 6.30. The van der Waals surface area contributed by atoms with Crippen LogP contribution in [0.2, 0.25) is 0 Å². The molecule has 8 heteroatoms. The van der Waals surface area contributed by atoms with E-state index in [9.17, 15) is 4.79 Å². The number of rotatable bonds is 7. The number of fused-ring (bicyclic) bond motifs is 1. The fourth-order valence-corrected chi connectivity index (χ4v) is 4.66. The summed E-state index contributed by atoms with van der Waals surface area (Å²) in [5.74, 6) is 0.940. The lowest BCUT2D eigenvalue weighted by atomic mass is 10.2. The van der Waals surface area contributed by atoms with Crippen molar-refractivity contribution in [2.75, 3.05) is 5.75 Å². The second kappa shape index (κ2) is 8.18. The first-order valence-corrected chi connectivity index (χ1v) is 10.7. The van der Waals surface area contributed by atoms with Gasteiger partial charge in [0, 0.05) is 18.9 Å². The van der Waals surface area contributed by atoms with Crippen molar-refractivity contribution in [3.8, 4) is 0 Å². The molecule has 0 radical (unpaired) electrons. The van der Waals surface area contributed by atoms with Crippen molar-refractivity contribution in [2.45, 2.75) is 49.8 Å². The first kappa shape index (κ1) is 17.5. The molecule has 0 unspecified atom stereocenters. The summed E-state index contributed by atoms with van der Waals surface area (Å²) < 4.78 is 6.83. The Kier molecular flexibility index (Phi) is 5.50. The quantitative estimate of drug-likeness (QED) is 0.623. The number of carbonyl (C=O) groups excluding carboxylic acids is 1. The third kappa shape index (κ3) is 4.42. The molecule has 0 aliphatic heterocycles. The number of hydrogen-bond donors (Lipinski definition) is 1. The summed E-state index contributed by atoms with van der Waals surface area (Å²) in [6.07, 6.45) is 6.02. The number of hydrogen-bond acceptors (Lipinski definition) is 7. The number of nitrogens with one attached hydrogen (secondary N) is 1. The molecule has 0 atom stereocenters. The van der Waals surface area contributed by atoms with Gasteiger partial charge in [0.2, 0.25) is 11.8 Å². The highest BCUT2D eigenvalue weighted by molar-refractivity contribution is 7.99. The molecule has 1 saturated carbocycles. The second-order valence-electron chi connectivity index (χ2n) is 6.37. The first-order valence-electron chi connectivity index (χ1n) is 8.85. The highest BCUT2D eigenvalue weighted by Crippen LogP contribution is 2.23. The van der Waals surface area contributed by atoms with Crippen molar-refractivity contribution >= 4 is 39.2 Å². The number of benzene rings is 1. The summed E-state index contributed by atoms with van der Waals surface area (Å²) in [6.45, 7) is 0. The highest BCUT2D eigenvalue weighted by atomic mass is 32.2. The van der Waals surface area contributed by atoms with Gasteiger partial charge in [-0.05, 0) is 25.0 Å². The standard InChI is InChI=1S/C18H20N4O2S2/c23-15(19-12-5-1-2-6-12)11-25-18-22-21-16(24-18)9-10-17-20-13-7-3-4-8-14(13)26-17/h3-4,7-8,12H,1-2,5-6,9-11H2,(H,19,23).